The first-order valence-electron chi connectivity index (χ1n) is 13.0. The fourth-order valence-corrected chi connectivity index (χ4v) is 3.82. The molecule has 1 saturated heterocycles. The highest BCUT2D eigenvalue weighted by Crippen LogP contribution is 2.29. The largest absolute Gasteiger partial charge is 0.486 e. The van der Waals surface area contributed by atoms with Crippen molar-refractivity contribution in [3.63, 3.8) is 0 Å². The molecule has 2 fully saturated rings. The Labute approximate surface area is 230 Å². The van der Waals surface area contributed by atoms with Gasteiger partial charge in [-0.05, 0) is 63.8 Å². The van der Waals surface area contributed by atoms with Gasteiger partial charge in [-0.1, -0.05) is 30.4 Å². The van der Waals surface area contributed by atoms with Crippen molar-refractivity contribution in [2.45, 2.75) is 66.2 Å². The van der Waals surface area contributed by atoms with Crippen LogP contribution in [-0.4, -0.2) is 46.9 Å². The summed E-state index contributed by atoms with van der Waals surface area (Å²) in [5.74, 6) is 1.24. The summed E-state index contributed by atoms with van der Waals surface area (Å²) >= 11 is 0. The van der Waals surface area contributed by atoms with Gasteiger partial charge in [0.25, 0.3) is 5.91 Å². The van der Waals surface area contributed by atoms with Gasteiger partial charge < -0.3 is 14.1 Å². The fraction of sp³-hybridized carbons (Fsp3) is 0.419. The molecule has 2 aliphatic rings. The molecule has 208 valence electrons. The number of aryl methyl sites for hydroxylation is 1. The molecule has 2 unspecified atom stereocenters. The first kappa shape index (κ1) is 31.2. The standard InChI is InChI=1S/C23H24FN3O3.C5H8O.C3H6/c1-14(2)9-15(3)17-5-6-20(18(10-17)11-25)30-21-7-8-27(13-19(21)24)23(28)22-12-26-16(4)29-22;1-4(6)5-2-3-5;1-3-2/h5-6,9-10,12,19,21H,3,7-8,13H2,1-2,4H3;5H,2-3H2,1H3;3H,1H2,2H3. The third kappa shape index (κ3) is 9.68. The van der Waals surface area contributed by atoms with Crippen molar-refractivity contribution in [3.05, 3.63) is 78.1 Å². The number of nitrogens with zero attached hydrogens (tertiary/aromatic N) is 3. The Balaban J connectivity index is 0.000000506. The van der Waals surface area contributed by atoms with Crippen molar-refractivity contribution in [2.24, 2.45) is 5.92 Å². The Bertz CT molecular complexity index is 1250. The highest BCUT2D eigenvalue weighted by molar-refractivity contribution is 5.91. The first-order chi connectivity index (χ1) is 18.5. The number of carbonyl (C=O) groups excluding carboxylic acids is 2. The molecular formula is C31H38FN3O4. The van der Waals surface area contributed by atoms with E-state index >= 15 is 0 Å². The van der Waals surface area contributed by atoms with Crippen LogP contribution in [0.2, 0.25) is 0 Å². The van der Waals surface area contributed by atoms with E-state index in [0.29, 0.717) is 41.9 Å². The summed E-state index contributed by atoms with van der Waals surface area (Å²) in [5, 5.41) is 9.51. The maximum Gasteiger partial charge on any atom is 0.291 e. The van der Waals surface area contributed by atoms with E-state index in [1.807, 2.05) is 26.8 Å². The van der Waals surface area contributed by atoms with Crippen LogP contribution in [0, 0.1) is 24.2 Å². The number of carbonyl (C=O) groups is 2. The van der Waals surface area contributed by atoms with Gasteiger partial charge in [0.2, 0.25) is 5.76 Å². The smallest absolute Gasteiger partial charge is 0.291 e. The van der Waals surface area contributed by atoms with Crippen molar-refractivity contribution < 1.29 is 23.1 Å². The summed E-state index contributed by atoms with van der Waals surface area (Å²) in [6, 6.07) is 7.26. The fourth-order valence-electron chi connectivity index (χ4n) is 3.82. The number of likely N-dealkylation sites (tertiary alicyclic amines) is 1. The molecule has 1 aromatic carbocycles. The van der Waals surface area contributed by atoms with Crippen molar-refractivity contribution in [1.82, 2.24) is 9.88 Å². The van der Waals surface area contributed by atoms with Gasteiger partial charge in [-0.2, -0.15) is 5.26 Å². The summed E-state index contributed by atoms with van der Waals surface area (Å²) in [7, 11) is 0. The molecule has 1 aromatic heterocycles. The minimum absolute atomic E-state index is 0.0954. The molecule has 8 heteroatoms. The summed E-state index contributed by atoms with van der Waals surface area (Å²) in [5.41, 5.74) is 3.01. The van der Waals surface area contributed by atoms with Crippen molar-refractivity contribution in [3.8, 4) is 11.8 Å². The molecule has 1 aliphatic carbocycles. The lowest BCUT2D eigenvalue weighted by Crippen LogP contribution is -2.49. The van der Waals surface area contributed by atoms with Crippen molar-refractivity contribution >= 4 is 17.3 Å². The Hall–Kier alpha value is -3.99. The number of rotatable bonds is 6. The molecular weight excluding hydrogens is 497 g/mol. The van der Waals surface area contributed by atoms with Crippen LogP contribution >= 0.6 is 0 Å². The molecule has 4 rings (SSSR count). The number of hydrogen-bond acceptors (Lipinski definition) is 6. The van der Waals surface area contributed by atoms with Gasteiger partial charge in [-0.3, -0.25) is 9.59 Å². The number of ketones is 1. The lowest BCUT2D eigenvalue weighted by Gasteiger charge is -2.34. The summed E-state index contributed by atoms with van der Waals surface area (Å²) < 4.78 is 25.8. The predicted octanol–water partition coefficient (Wildman–Crippen LogP) is 6.64. The van der Waals surface area contributed by atoms with Gasteiger partial charge >= 0.3 is 0 Å². The number of hydrogen-bond donors (Lipinski definition) is 0. The van der Waals surface area contributed by atoms with Gasteiger partial charge in [0.1, 0.15) is 23.7 Å². The topological polar surface area (TPSA) is 96.4 Å². The number of halogens is 1. The van der Waals surface area contributed by atoms with E-state index in [2.05, 4.69) is 24.2 Å². The highest BCUT2D eigenvalue weighted by Gasteiger charge is 2.34. The third-order valence-electron chi connectivity index (χ3n) is 5.97. The molecule has 0 radical (unpaired) electrons. The van der Waals surface area contributed by atoms with Crippen LogP contribution in [-0.2, 0) is 4.79 Å². The van der Waals surface area contributed by atoms with Gasteiger partial charge in [-0.15, -0.1) is 6.58 Å². The molecule has 39 heavy (non-hydrogen) atoms. The summed E-state index contributed by atoms with van der Waals surface area (Å²) in [4.78, 5) is 27.9. The van der Waals surface area contributed by atoms with Crippen LogP contribution in [0.4, 0.5) is 4.39 Å². The first-order valence-corrected chi connectivity index (χ1v) is 13.0. The van der Waals surface area contributed by atoms with E-state index in [1.165, 1.54) is 11.1 Å². The molecule has 0 N–H and O–H groups in total. The summed E-state index contributed by atoms with van der Waals surface area (Å²) in [6.45, 7) is 16.7. The quantitative estimate of drug-likeness (QED) is 0.304. The van der Waals surface area contributed by atoms with Gasteiger partial charge in [0.05, 0.1) is 18.3 Å². The van der Waals surface area contributed by atoms with Crippen molar-refractivity contribution in [2.75, 3.05) is 13.1 Å². The average Bonchev–Trinajstić information content (AvgIpc) is 3.66. The molecule has 0 bridgehead atoms. The Kier molecular flexibility index (Phi) is 11.9. The van der Waals surface area contributed by atoms with Gasteiger partial charge in [0.15, 0.2) is 12.1 Å². The number of aromatic nitrogens is 1. The van der Waals surface area contributed by atoms with Crippen LogP contribution in [0.15, 0.2) is 59.7 Å². The maximum absolute atomic E-state index is 14.8. The zero-order chi connectivity index (χ0) is 29.1. The molecule has 1 amide bonds. The SMILES string of the molecule is C=C(C=C(C)C)c1ccc(OC2CCN(C(=O)c3cnc(C)o3)CC2F)c(C#N)c1.C=CC.CC(=O)C1CC1. The number of amides is 1. The van der Waals surface area contributed by atoms with E-state index in [-0.39, 0.29) is 12.3 Å². The number of alkyl halides is 1. The molecule has 2 atom stereocenters. The molecule has 1 saturated carbocycles. The van der Waals surface area contributed by atoms with Crippen LogP contribution in [0.5, 0.6) is 5.75 Å². The molecule has 7 nitrogen and oxygen atoms in total. The lowest BCUT2D eigenvalue weighted by molar-refractivity contribution is -0.118. The molecule has 1 aliphatic heterocycles. The highest BCUT2D eigenvalue weighted by atomic mass is 19.1. The van der Waals surface area contributed by atoms with E-state index in [4.69, 9.17) is 9.15 Å². The van der Waals surface area contributed by atoms with Crippen molar-refractivity contribution in [1.29, 1.82) is 5.26 Å². The number of allylic oxidation sites excluding steroid dienone is 4. The zero-order valence-corrected chi connectivity index (χ0v) is 23.5. The molecule has 2 aromatic rings. The van der Waals surface area contributed by atoms with Crippen LogP contribution < -0.4 is 4.74 Å². The average molecular weight is 536 g/mol. The zero-order valence-electron chi connectivity index (χ0n) is 23.5. The molecule has 2 heterocycles. The van der Waals surface area contributed by atoms with Crippen LogP contribution in [0.25, 0.3) is 5.57 Å². The second-order valence-electron chi connectivity index (χ2n) is 9.82. The second kappa shape index (κ2) is 14.8. The Morgan fingerprint density at radius 2 is 1.92 bits per heavy atom. The minimum Gasteiger partial charge on any atom is -0.486 e. The van der Waals surface area contributed by atoms with E-state index < -0.39 is 18.2 Å². The second-order valence-corrected chi connectivity index (χ2v) is 9.82. The van der Waals surface area contributed by atoms with E-state index in [1.54, 1.807) is 38.1 Å². The number of piperidine rings is 1. The number of benzene rings is 1. The van der Waals surface area contributed by atoms with Crippen LogP contribution in [0.3, 0.4) is 0 Å². The Morgan fingerprint density at radius 3 is 2.38 bits per heavy atom. The van der Waals surface area contributed by atoms with Crippen LogP contribution in [0.1, 0.15) is 74.5 Å². The number of nitriles is 1. The van der Waals surface area contributed by atoms with Gasteiger partial charge in [-0.25, -0.2) is 9.37 Å². The predicted molar refractivity (Wildman–Crippen MR) is 150 cm³/mol. The monoisotopic (exact) mass is 535 g/mol. The van der Waals surface area contributed by atoms with E-state index in [0.717, 1.165) is 29.6 Å². The number of Topliss-reactive ketones (excluding diaryl/α,β-unsaturated/α-hetero) is 1. The number of ether oxygens (including phenoxy) is 1. The Morgan fingerprint density at radius 1 is 1.26 bits per heavy atom. The molecule has 0 spiro atoms. The third-order valence-corrected chi connectivity index (χ3v) is 5.97. The number of oxazole rings is 1. The normalized spacial score (nSPS) is 17.7. The van der Waals surface area contributed by atoms with E-state index in [9.17, 15) is 19.2 Å². The maximum atomic E-state index is 14.8. The summed E-state index contributed by atoms with van der Waals surface area (Å²) in [6.07, 6.45) is 5.49. The van der Waals surface area contributed by atoms with Gasteiger partial charge in [0, 0.05) is 25.8 Å². The minimum atomic E-state index is -1.39. The lowest BCUT2D eigenvalue weighted by atomic mass is 10.0.